The monoisotopic (exact) mass is 192 g/mol. The van der Waals surface area contributed by atoms with Crippen molar-refractivity contribution in [1.82, 2.24) is 0 Å². The van der Waals surface area contributed by atoms with Gasteiger partial charge in [-0.05, 0) is 6.92 Å². The van der Waals surface area contributed by atoms with E-state index < -0.39 is 5.79 Å². The molecular weight excluding hydrogens is 180 g/mol. The summed E-state index contributed by atoms with van der Waals surface area (Å²) in [7, 11) is 0. The highest BCUT2D eigenvalue weighted by molar-refractivity contribution is 5.26. The highest BCUT2D eigenvalue weighted by atomic mass is 16.7. The number of ether oxygens (including phenoxy) is 2. The predicted molar refractivity (Wildman–Crippen MR) is 49.5 cm³/mol. The summed E-state index contributed by atoms with van der Waals surface area (Å²) < 4.78 is 10.9. The summed E-state index contributed by atoms with van der Waals surface area (Å²) in [4.78, 5) is 0. The molecule has 0 saturated carbocycles. The van der Waals surface area contributed by atoms with Crippen LogP contribution in [0.25, 0.3) is 0 Å². The fraction of sp³-hybridized carbons (Fsp3) is 0.455. The smallest absolute Gasteiger partial charge is 0.222 e. The van der Waals surface area contributed by atoms with E-state index in [1.54, 1.807) is 0 Å². The van der Waals surface area contributed by atoms with Crippen LogP contribution < -0.4 is 0 Å². The molecule has 0 bridgehead atoms. The third-order valence-corrected chi connectivity index (χ3v) is 2.93. The number of hydrogen-bond donors (Lipinski definition) is 1. The largest absolute Gasteiger partial charge is 0.360 e. The minimum absolute atomic E-state index is 0.0230. The van der Waals surface area contributed by atoms with Gasteiger partial charge in [-0.2, -0.15) is 0 Å². The third kappa shape index (κ3) is 0.974. The molecule has 0 aromatic heterocycles. The van der Waals surface area contributed by atoms with E-state index in [4.69, 9.17) is 9.47 Å². The maximum Gasteiger partial charge on any atom is 0.222 e. The lowest BCUT2D eigenvalue weighted by molar-refractivity contribution is -0.236. The van der Waals surface area contributed by atoms with Crippen LogP contribution in [0.15, 0.2) is 30.3 Å². The van der Waals surface area contributed by atoms with E-state index in [2.05, 4.69) is 0 Å². The van der Waals surface area contributed by atoms with Crippen molar-refractivity contribution >= 4 is 0 Å². The van der Waals surface area contributed by atoms with Crippen molar-refractivity contribution in [3.8, 4) is 0 Å². The van der Waals surface area contributed by atoms with Gasteiger partial charge in [-0.15, -0.1) is 0 Å². The van der Waals surface area contributed by atoms with Crippen molar-refractivity contribution in [2.24, 2.45) is 0 Å². The SMILES string of the molecule is C[C@@H]1O[C@@](O)(c2ccccc2)[C@@H]2O[C@H]12. The summed E-state index contributed by atoms with van der Waals surface area (Å²) in [5, 5.41) is 10.3. The van der Waals surface area contributed by atoms with Crippen molar-refractivity contribution in [3.05, 3.63) is 35.9 Å². The maximum atomic E-state index is 10.3. The van der Waals surface area contributed by atoms with Crippen molar-refractivity contribution < 1.29 is 14.6 Å². The lowest BCUT2D eigenvalue weighted by atomic mass is 10.0. The van der Waals surface area contributed by atoms with E-state index in [0.717, 1.165) is 5.56 Å². The first-order valence-corrected chi connectivity index (χ1v) is 4.83. The van der Waals surface area contributed by atoms with Crippen LogP contribution in [0.2, 0.25) is 0 Å². The summed E-state index contributed by atoms with van der Waals surface area (Å²) in [6.45, 7) is 1.92. The second-order valence-corrected chi connectivity index (χ2v) is 3.91. The van der Waals surface area contributed by atoms with Crippen LogP contribution in [-0.4, -0.2) is 23.4 Å². The molecule has 0 radical (unpaired) electrons. The molecule has 3 heteroatoms. The van der Waals surface area contributed by atoms with Crippen molar-refractivity contribution in [2.75, 3.05) is 0 Å². The van der Waals surface area contributed by atoms with E-state index >= 15 is 0 Å². The van der Waals surface area contributed by atoms with Gasteiger partial charge in [0.05, 0.1) is 6.10 Å². The average molecular weight is 192 g/mol. The number of hydrogen-bond acceptors (Lipinski definition) is 3. The average Bonchev–Trinajstić information content (AvgIpc) is 2.94. The minimum atomic E-state index is -1.23. The number of fused-ring (bicyclic) bond motifs is 1. The molecule has 1 N–H and O–H groups in total. The molecule has 0 amide bonds. The first-order valence-electron chi connectivity index (χ1n) is 4.83. The van der Waals surface area contributed by atoms with Crippen molar-refractivity contribution in [2.45, 2.75) is 31.0 Å². The molecule has 1 aromatic rings. The van der Waals surface area contributed by atoms with E-state index in [-0.39, 0.29) is 18.3 Å². The first kappa shape index (κ1) is 8.41. The quantitative estimate of drug-likeness (QED) is 0.675. The highest BCUT2D eigenvalue weighted by Crippen LogP contribution is 2.49. The van der Waals surface area contributed by atoms with Gasteiger partial charge in [0, 0.05) is 5.56 Å². The second-order valence-electron chi connectivity index (χ2n) is 3.91. The number of epoxide rings is 1. The van der Waals surface area contributed by atoms with Gasteiger partial charge < -0.3 is 14.6 Å². The molecule has 2 fully saturated rings. The molecule has 2 saturated heterocycles. The van der Waals surface area contributed by atoms with Gasteiger partial charge >= 0.3 is 0 Å². The third-order valence-electron chi connectivity index (χ3n) is 2.93. The van der Waals surface area contributed by atoms with Crippen LogP contribution in [0.3, 0.4) is 0 Å². The van der Waals surface area contributed by atoms with Crippen LogP contribution in [-0.2, 0) is 15.3 Å². The Morgan fingerprint density at radius 3 is 2.50 bits per heavy atom. The molecule has 4 atom stereocenters. The molecule has 3 rings (SSSR count). The molecule has 1 aromatic carbocycles. The van der Waals surface area contributed by atoms with Gasteiger partial charge in [0.2, 0.25) is 5.79 Å². The van der Waals surface area contributed by atoms with Gasteiger partial charge in [0.1, 0.15) is 12.2 Å². The molecule has 2 aliphatic heterocycles. The van der Waals surface area contributed by atoms with Crippen LogP contribution >= 0.6 is 0 Å². The highest BCUT2D eigenvalue weighted by Gasteiger charge is 2.65. The summed E-state index contributed by atoms with van der Waals surface area (Å²) in [5.41, 5.74) is 0.775. The van der Waals surface area contributed by atoms with E-state index in [1.807, 2.05) is 37.3 Å². The molecule has 2 heterocycles. The Morgan fingerprint density at radius 1 is 1.29 bits per heavy atom. The Balaban J connectivity index is 1.98. The Kier molecular flexibility index (Phi) is 1.54. The fourth-order valence-corrected chi connectivity index (χ4v) is 2.12. The van der Waals surface area contributed by atoms with E-state index in [9.17, 15) is 5.11 Å². The van der Waals surface area contributed by atoms with Gasteiger partial charge in [-0.3, -0.25) is 0 Å². The second kappa shape index (κ2) is 2.57. The minimum Gasteiger partial charge on any atom is -0.360 e. The first-order chi connectivity index (χ1) is 6.72. The van der Waals surface area contributed by atoms with E-state index in [0.29, 0.717) is 0 Å². The number of rotatable bonds is 1. The molecule has 0 spiro atoms. The maximum absolute atomic E-state index is 10.3. The van der Waals surface area contributed by atoms with Gasteiger partial charge in [-0.1, -0.05) is 30.3 Å². The van der Waals surface area contributed by atoms with Crippen LogP contribution in [0, 0.1) is 0 Å². The zero-order valence-corrected chi connectivity index (χ0v) is 7.88. The Hall–Kier alpha value is -0.900. The Morgan fingerprint density at radius 2 is 2.00 bits per heavy atom. The predicted octanol–water partition coefficient (Wildman–Crippen LogP) is 1.02. The molecule has 14 heavy (non-hydrogen) atoms. The van der Waals surface area contributed by atoms with Crippen molar-refractivity contribution in [3.63, 3.8) is 0 Å². The fourth-order valence-electron chi connectivity index (χ4n) is 2.12. The van der Waals surface area contributed by atoms with Crippen molar-refractivity contribution in [1.29, 1.82) is 0 Å². The lowest BCUT2D eigenvalue weighted by Gasteiger charge is -2.25. The summed E-state index contributed by atoms with van der Waals surface area (Å²) in [5.74, 6) is -1.23. The van der Waals surface area contributed by atoms with Crippen LogP contribution in [0.4, 0.5) is 0 Å². The van der Waals surface area contributed by atoms with Gasteiger partial charge in [-0.25, -0.2) is 0 Å². The molecule has 0 unspecified atom stereocenters. The summed E-state index contributed by atoms with van der Waals surface area (Å²) in [6.07, 6.45) is -0.134. The molecular formula is C11H12O3. The zero-order valence-electron chi connectivity index (χ0n) is 7.88. The number of benzene rings is 1. The van der Waals surface area contributed by atoms with Gasteiger partial charge in [0.15, 0.2) is 0 Å². The molecule has 0 aliphatic carbocycles. The standard InChI is InChI=1S/C11H12O3/c1-7-9-10(13-9)11(12,14-7)8-5-3-2-4-6-8/h2-7,9-10,12H,1H3/t7-,9+,10+,11-/m0/s1. The zero-order chi connectivity index (χ0) is 9.76. The topological polar surface area (TPSA) is 42.0 Å². The van der Waals surface area contributed by atoms with E-state index in [1.165, 1.54) is 0 Å². The summed E-state index contributed by atoms with van der Waals surface area (Å²) in [6, 6.07) is 9.40. The Bertz CT molecular complexity index is 351. The number of aliphatic hydroxyl groups is 1. The van der Waals surface area contributed by atoms with Gasteiger partial charge in [0.25, 0.3) is 0 Å². The normalized spacial score (nSPS) is 44.9. The van der Waals surface area contributed by atoms with Crippen LogP contribution in [0.5, 0.6) is 0 Å². The molecule has 2 aliphatic rings. The summed E-state index contributed by atoms with van der Waals surface area (Å²) >= 11 is 0. The lowest BCUT2D eigenvalue weighted by Crippen LogP contribution is -2.32. The molecule has 3 nitrogen and oxygen atoms in total. The molecule has 74 valence electrons. The Labute approximate surface area is 82.3 Å². The van der Waals surface area contributed by atoms with Crippen LogP contribution in [0.1, 0.15) is 12.5 Å².